The minimum atomic E-state index is -4.91. The number of anilines is 2. The lowest BCUT2D eigenvalue weighted by molar-refractivity contribution is 0.0545. The van der Waals surface area contributed by atoms with Gasteiger partial charge in [-0.1, -0.05) is 24.3 Å². The Balaban J connectivity index is 1.55. The van der Waals surface area contributed by atoms with Crippen molar-refractivity contribution in [3.63, 3.8) is 0 Å². The first-order valence-corrected chi connectivity index (χ1v) is 18.9. The predicted molar refractivity (Wildman–Crippen MR) is 199 cm³/mol. The number of rotatable bonds is 15. The van der Waals surface area contributed by atoms with Crippen LogP contribution in [0.15, 0.2) is 109 Å². The van der Waals surface area contributed by atoms with E-state index in [-0.39, 0.29) is 41.4 Å². The normalized spacial score (nSPS) is 12.3. The van der Waals surface area contributed by atoms with Gasteiger partial charge >= 0.3 is 0 Å². The lowest BCUT2D eigenvalue weighted by atomic mass is 10.1. The van der Waals surface area contributed by atoms with Gasteiger partial charge in [-0.2, -0.15) is 21.9 Å². The molecule has 0 unspecified atom stereocenters. The van der Waals surface area contributed by atoms with E-state index in [1.807, 2.05) is 30.3 Å². The van der Waals surface area contributed by atoms with E-state index in [1.54, 1.807) is 45.0 Å². The molecule has 0 aliphatic rings. The van der Waals surface area contributed by atoms with E-state index in [9.17, 15) is 31.0 Å². The molecule has 0 heterocycles. The van der Waals surface area contributed by atoms with Crippen LogP contribution in [0.5, 0.6) is 11.5 Å². The molecule has 5 aromatic rings. The first-order valence-electron chi connectivity index (χ1n) is 16.0. The molecular formula is C36H37N5O10S2. The minimum Gasteiger partial charge on any atom is -0.505 e. The van der Waals surface area contributed by atoms with Crippen LogP contribution in [-0.4, -0.2) is 64.6 Å². The number of ether oxygens (including phenoxy) is 3. The summed E-state index contributed by atoms with van der Waals surface area (Å²) in [5, 5.41) is 31.7. The largest absolute Gasteiger partial charge is 0.505 e. The fourth-order valence-corrected chi connectivity index (χ4v) is 6.72. The van der Waals surface area contributed by atoms with Crippen LogP contribution in [0.3, 0.4) is 0 Å². The van der Waals surface area contributed by atoms with Crippen LogP contribution in [0.2, 0.25) is 0 Å². The molecule has 0 aliphatic carbocycles. The van der Waals surface area contributed by atoms with Gasteiger partial charge in [0.05, 0.1) is 25.5 Å². The number of hydrogen-bond acceptors (Lipinski definition) is 13. The Morgan fingerprint density at radius 2 is 1.32 bits per heavy atom. The Kier molecular flexibility index (Phi) is 12.2. The number of methoxy groups -OCH3 is 1. The molecule has 0 saturated carbocycles. The fourth-order valence-electron chi connectivity index (χ4n) is 5.28. The number of phenols is 1. The second-order valence-electron chi connectivity index (χ2n) is 11.8. The highest BCUT2D eigenvalue weighted by molar-refractivity contribution is 7.86. The highest BCUT2D eigenvalue weighted by Gasteiger charge is 2.23. The van der Waals surface area contributed by atoms with Gasteiger partial charge in [-0.3, -0.25) is 9.11 Å². The number of benzene rings is 5. The van der Waals surface area contributed by atoms with Crippen molar-refractivity contribution in [2.45, 2.75) is 30.6 Å². The molecule has 0 amide bonds. The highest BCUT2D eigenvalue weighted by Crippen LogP contribution is 2.44. The van der Waals surface area contributed by atoms with Crippen molar-refractivity contribution < 1.29 is 45.3 Å². The van der Waals surface area contributed by atoms with Gasteiger partial charge in [0, 0.05) is 29.9 Å². The van der Waals surface area contributed by atoms with Gasteiger partial charge in [-0.25, -0.2) is 0 Å². The summed E-state index contributed by atoms with van der Waals surface area (Å²) in [5.74, 6) is -0.436. The molecule has 53 heavy (non-hydrogen) atoms. The van der Waals surface area contributed by atoms with Gasteiger partial charge in [0.15, 0.2) is 5.75 Å². The van der Waals surface area contributed by atoms with E-state index in [0.717, 1.165) is 5.69 Å². The van der Waals surface area contributed by atoms with Crippen molar-refractivity contribution in [2.24, 2.45) is 20.5 Å². The SMILES string of the molecule is COCCOCCOc1cc(N=Nc2c(C)cc(C)cc2S(=O)(=O)O)c(C)cc1N=Nc1c(S(=O)(=O)O)cc2cc(Nc3ccccc3)ccc2c1O. The van der Waals surface area contributed by atoms with Crippen LogP contribution >= 0.6 is 0 Å². The maximum atomic E-state index is 12.6. The smallest absolute Gasteiger partial charge is 0.296 e. The molecule has 4 N–H and O–H groups in total. The van der Waals surface area contributed by atoms with Crippen molar-refractivity contribution in [1.29, 1.82) is 0 Å². The third kappa shape index (κ3) is 9.78. The summed E-state index contributed by atoms with van der Waals surface area (Å²) in [4.78, 5) is -1.08. The molecule has 0 bridgehead atoms. The summed E-state index contributed by atoms with van der Waals surface area (Å²) in [6, 6.07) is 21.3. The third-order valence-corrected chi connectivity index (χ3v) is 9.52. The maximum Gasteiger partial charge on any atom is 0.296 e. The number of azo groups is 2. The number of nitrogens with zero attached hydrogens (tertiary/aromatic N) is 4. The summed E-state index contributed by atoms with van der Waals surface area (Å²) < 4.78 is 85.8. The fraction of sp³-hybridized carbons (Fsp3) is 0.222. The van der Waals surface area contributed by atoms with Crippen molar-refractivity contribution in [3.8, 4) is 11.5 Å². The average molecular weight is 764 g/mol. The highest BCUT2D eigenvalue weighted by atomic mass is 32.2. The number of para-hydroxylation sites is 1. The number of hydrogen-bond donors (Lipinski definition) is 4. The number of phenolic OH excluding ortho intramolecular Hbond substituents is 1. The second-order valence-corrected chi connectivity index (χ2v) is 14.6. The maximum absolute atomic E-state index is 12.6. The van der Waals surface area contributed by atoms with E-state index in [2.05, 4.69) is 25.8 Å². The quantitative estimate of drug-likeness (QED) is 0.0449. The summed E-state index contributed by atoms with van der Waals surface area (Å²) >= 11 is 0. The number of aryl methyl sites for hydroxylation is 3. The molecule has 17 heteroatoms. The summed E-state index contributed by atoms with van der Waals surface area (Å²) in [7, 11) is -7.99. The Labute approximate surface area is 306 Å². The molecule has 5 aromatic carbocycles. The van der Waals surface area contributed by atoms with Gasteiger partial charge in [-0.15, -0.1) is 15.3 Å². The Morgan fingerprint density at radius 3 is 2.02 bits per heavy atom. The third-order valence-electron chi connectivity index (χ3n) is 7.79. The first-order chi connectivity index (χ1) is 25.2. The number of aromatic hydroxyl groups is 1. The monoisotopic (exact) mass is 763 g/mol. The molecule has 5 rings (SSSR count). The lowest BCUT2D eigenvalue weighted by Gasteiger charge is -2.13. The van der Waals surface area contributed by atoms with Crippen LogP contribution < -0.4 is 10.1 Å². The van der Waals surface area contributed by atoms with E-state index in [1.165, 1.54) is 31.4 Å². The molecular weight excluding hydrogens is 727 g/mol. The zero-order valence-corrected chi connectivity index (χ0v) is 30.8. The molecule has 0 spiro atoms. The molecule has 278 valence electrons. The predicted octanol–water partition coefficient (Wildman–Crippen LogP) is 8.58. The van der Waals surface area contributed by atoms with Crippen LogP contribution in [0.1, 0.15) is 16.7 Å². The van der Waals surface area contributed by atoms with E-state index >= 15 is 0 Å². The molecule has 0 radical (unpaired) electrons. The average Bonchev–Trinajstić information content (AvgIpc) is 3.09. The van der Waals surface area contributed by atoms with Gasteiger partial charge < -0.3 is 24.6 Å². The van der Waals surface area contributed by atoms with Crippen LogP contribution in [0.4, 0.5) is 34.1 Å². The standard InChI is InChI=1S/C36H37N5O10S2/c1-22-16-24(3)34(32(17-22)52(43,44)45)40-38-29-21-31(51-15-14-50-13-12-49-4)30(18-23(29)2)39-41-35-33(53(46,47)48)20-25-19-27(10-11-28(25)36(35)42)37-26-8-6-5-7-9-26/h5-11,16-21,37,42H,12-15H2,1-4H3,(H,43,44,45)(H,46,47,48). The van der Waals surface area contributed by atoms with Crippen LogP contribution in [0.25, 0.3) is 10.8 Å². The van der Waals surface area contributed by atoms with Gasteiger partial charge in [-0.05, 0) is 91.4 Å². The Bertz CT molecular complexity index is 2420. The van der Waals surface area contributed by atoms with E-state index in [4.69, 9.17) is 14.2 Å². The molecule has 0 saturated heterocycles. The van der Waals surface area contributed by atoms with Crippen molar-refractivity contribution >= 4 is 65.1 Å². The second kappa shape index (κ2) is 16.6. The number of nitrogens with one attached hydrogen (secondary N) is 1. The Morgan fingerprint density at radius 1 is 0.660 bits per heavy atom. The molecule has 15 nitrogen and oxygen atoms in total. The zero-order valence-electron chi connectivity index (χ0n) is 29.1. The van der Waals surface area contributed by atoms with Gasteiger partial charge in [0.2, 0.25) is 0 Å². The van der Waals surface area contributed by atoms with Crippen LogP contribution in [-0.2, 0) is 29.7 Å². The molecule has 0 aliphatic heterocycles. The first kappa shape index (κ1) is 38.9. The molecule has 0 fully saturated rings. The van der Waals surface area contributed by atoms with Crippen molar-refractivity contribution in [1.82, 2.24) is 0 Å². The minimum absolute atomic E-state index is 0.0344. The summed E-state index contributed by atoms with van der Waals surface area (Å²) in [5.41, 5.74) is 2.69. The van der Waals surface area contributed by atoms with E-state index < -0.39 is 41.5 Å². The lowest BCUT2D eigenvalue weighted by Crippen LogP contribution is -2.10. The topological polar surface area (TPSA) is 218 Å². The number of fused-ring (bicyclic) bond motifs is 1. The van der Waals surface area contributed by atoms with E-state index in [0.29, 0.717) is 41.0 Å². The van der Waals surface area contributed by atoms with Crippen molar-refractivity contribution in [2.75, 3.05) is 38.9 Å². The summed E-state index contributed by atoms with van der Waals surface area (Å²) in [6.07, 6.45) is 0. The van der Waals surface area contributed by atoms with Crippen molar-refractivity contribution in [3.05, 3.63) is 95.6 Å². The van der Waals surface area contributed by atoms with Gasteiger partial charge in [0.1, 0.15) is 39.2 Å². The molecule has 0 atom stereocenters. The van der Waals surface area contributed by atoms with Crippen LogP contribution in [0, 0.1) is 20.8 Å². The zero-order chi connectivity index (χ0) is 38.3. The Hall–Kier alpha value is -5.30. The molecule has 0 aromatic heterocycles. The summed E-state index contributed by atoms with van der Waals surface area (Å²) in [6.45, 7) is 5.85. The van der Waals surface area contributed by atoms with Gasteiger partial charge in [0.25, 0.3) is 20.2 Å².